The van der Waals surface area contributed by atoms with Crippen LogP contribution in [0.15, 0.2) is 12.2 Å². The van der Waals surface area contributed by atoms with Crippen LogP contribution in [-0.4, -0.2) is 5.78 Å². The van der Waals surface area contributed by atoms with Gasteiger partial charge in [0.1, 0.15) is 5.78 Å². The van der Waals surface area contributed by atoms with Crippen LogP contribution >= 0.6 is 0 Å². The van der Waals surface area contributed by atoms with E-state index in [1.54, 1.807) is 6.92 Å². The first kappa shape index (κ1) is 10.5. The third-order valence-corrected chi connectivity index (χ3v) is 2.96. The number of hydrogen-bond acceptors (Lipinski definition) is 1. The molecule has 74 valence electrons. The number of hydrogen-bond donors (Lipinski definition) is 0. The normalized spacial score (nSPS) is 23.2. The van der Waals surface area contributed by atoms with Crippen molar-refractivity contribution in [2.45, 2.75) is 51.9 Å². The van der Waals surface area contributed by atoms with Crippen LogP contribution in [0.25, 0.3) is 0 Å². The van der Waals surface area contributed by atoms with Crippen molar-refractivity contribution in [1.82, 2.24) is 0 Å². The average molecular weight is 180 g/mol. The van der Waals surface area contributed by atoms with Crippen molar-refractivity contribution in [2.24, 2.45) is 5.92 Å². The van der Waals surface area contributed by atoms with Crippen LogP contribution in [0.2, 0.25) is 0 Å². The molecule has 1 saturated carbocycles. The summed E-state index contributed by atoms with van der Waals surface area (Å²) in [6.45, 7) is 5.78. The molecule has 0 bridgehead atoms. The Labute approximate surface area is 81.2 Å². The van der Waals surface area contributed by atoms with Crippen molar-refractivity contribution in [3.8, 4) is 0 Å². The Hall–Kier alpha value is -0.590. The molecule has 1 fully saturated rings. The van der Waals surface area contributed by atoms with Crippen molar-refractivity contribution in [3.63, 3.8) is 0 Å². The van der Waals surface area contributed by atoms with Gasteiger partial charge in [0.2, 0.25) is 0 Å². The standard InChI is InChI=1S/C12H20O/c1-10-6-3-4-8-12(10)9-5-7-11(2)13/h12H,1,3-9H2,2H3/t12-/m1/s1. The molecule has 0 aromatic rings. The number of ketones is 1. The third-order valence-electron chi connectivity index (χ3n) is 2.96. The second kappa shape index (κ2) is 5.21. The molecule has 0 unspecified atom stereocenters. The van der Waals surface area contributed by atoms with E-state index in [4.69, 9.17) is 0 Å². The lowest BCUT2D eigenvalue weighted by molar-refractivity contribution is -0.117. The summed E-state index contributed by atoms with van der Waals surface area (Å²) < 4.78 is 0. The van der Waals surface area contributed by atoms with Crippen molar-refractivity contribution in [1.29, 1.82) is 0 Å². The SMILES string of the molecule is C=C1CCCC[C@@H]1CCCC(C)=O. The Kier molecular flexibility index (Phi) is 4.20. The predicted molar refractivity (Wildman–Crippen MR) is 55.6 cm³/mol. The molecule has 13 heavy (non-hydrogen) atoms. The summed E-state index contributed by atoms with van der Waals surface area (Å²) in [7, 11) is 0. The molecule has 1 atom stereocenters. The Morgan fingerprint density at radius 1 is 1.54 bits per heavy atom. The summed E-state index contributed by atoms with van der Waals surface area (Å²) in [5.74, 6) is 1.04. The highest BCUT2D eigenvalue weighted by molar-refractivity contribution is 5.75. The lowest BCUT2D eigenvalue weighted by atomic mass is 9.82. The van der Waals surface area contributed by atoms with Gasteiger partial charge in [0.15, 0.2) is 0 Å². The maximum Gasteiger partial charge on any atom is 0.129 e. The lowest BCUT2D eigenvalue weighted by Gasteiger charge is -2.24. The molecule has 1 aliphatic carbocycles. The predicted octanol–water partition coefficient (Wildman–Crippen LogP) is 3.49. The Morgan fingerprint density at radius 3 is 2.92 bits per heavy atom. The summed E-state index contributed by atoms with van der Waals surface area (Å²) in [6, 6.07) is 0. The van der Waals surface area contributed by atoms with E-state index in [1.165, 1.54) is 37.7 Å². The molecule has 0 amide bonds. The second-order valence-corrected chi connectivity index (χ2v) is 4.20. The molecule has 1 nitrogen and oxygen atoms in total. The van der Waals surface area contributed by atoms with Gasteiger partial charge in [0.25, 0.3) is 0 Å². The van der Waals surface area contributed by atoms with E-state index in [1.807, 2.05) is 0 Å². The highest BCUT2D eigenvalue weighted by atomic mass is 16.1. The van der Waals surface area contributed by atoms with Gasteiger partial charge in [-0.1, -0.05) is 18.6 Å². The van der Waals surface area contributed by atoms with E-state index in [0.29, 0.717) is 11.7 Å². The monoisotopic (exact) mass is 180 g/mol. The quantitative estimate of drug-likeness (QED) is 0.605. The smallest absolute Gasteiger partial charge is 0.129 e. The van der Waals surface area contributed by atoms with Crippen molar-refractivity contribution in [3.05, 3.63) is 12.2 Å². The van der Waals surface area contributed by atoms with Gasteiger partial charge < -0.3 is 4.79 Å². The fraction of sp³-hybridized carbons (Fsp3) is 0.750. The van der Waals surface area contributed by atoms with E-state index in [0.717, 1.165) is 12.8 Å². The van der Waals surface area contributed by atoms with Gasteiger partial charge in [-0.3, -0.25) is 0 Å². The molecule has 0 N–H and O–H groups in total. The first-order valence-electron chi connectivity index (χ1n) is 5.37. The minimum atomic E-state index is 0.321. The van der Waals surface area contributed by atoms with E-state index in [2.05, 4.69) is 6.58 Å². The molecule has 0 aromatic heterocycles. The summed E-state index contributed by atoms with van der Waals surface area (Å²) in [4.78, 5) is 10.7. The maximum atomic E-state index is 10.7. The molecule has 0 radical (unpaired) electrons. The molecule has 1 rings (SSSR count). The highest BCUT2D eigenvalue weighted by Crippen LogP contribution is 2.31. The van der Waals surface area contributed by atoms with E-state index in [9.17, 15) is 4.79 Å². The fourth-order valence-corrected chi connectivity index (χ4v) is 2.10. The van der Waals surface area contributed by atoms with Crippen molar-refractivity contribution < 1.29 is 4.79 Å². The van der Waals surface area contributed by atoms with Gasteiger partial charge in [-0.05, 0) is 44.9 Å². The number of carbonyl (C=O) groups excluding carboxylic acids is 1. The van der Waals surface area contributed by atoms with Gasteiger partial charge in [-0.2, -0.15) is 0 Å². The van der Waals surface area contributed by atoms with Gasteiger partial charge in [0.05, 0.1) is 0 Å². The Morgan fingerprint density at radius 2 is 2.31 bits per heavy atom. The number of allylic oxidation sites excluding steroid dienone is 1. The Balaban J connectivity index is 2.19. The van der Waals surface area contributed by atoms with Crippen LogP contribution in [0.5, 0.6) is 0 Å². The lowest BCUT2D eigenvalue weighted by Crippen LogP contribution is -2.09. The zero-order valence-corrected chi connectivity index (χ0v) is 8.64. The van der Waals surface area contributed by atoms with Gasteiger partial charge >= 0.3 is 0 Å². The van der Waals surface area contributed by atoms with Crippen molar-refractivity contribution >= 4 is 5.78 Å². The second-order valence-electron chi connectivity index (χ2n) is 4.20. The zero-order valence-electron chi connectivity index (χ0n) is 8.64. The molecule has 1 heteroatoms. The van der Waals surface area contributed by atoms with Crippen LogP contribution in [-0.2, 0) is 4.79 Å². The fourth-order valence-electron chi connectivity index (χ4n) is 2.10. The van der Waals surface area contributed by atoms with E-state index < -0.39 is 0 Å². The number of carbonyl (C=O) groups is 1. The van der Waals surface area contributed by atoms with Crippen molar-refractivity contribution in [2.75, 3.05) is 0 Å². The van der Waals surface area contributed by atoms with Gasteiger partial charge in [-0.15, -0.1) is 0 Å². The summed E-state index contributed by atoms with van der Waals surface area (Å²) >= 11 is 0. The minimum absolute atomic E-state index is 0.321. The van der Waals surface area contributed by atoms with Crippen LogP contribution in [0.4, 0.5) is 0 Å². The van der Waals surface area contributed by atoms with Gasteiger partial charge in [0, 0.05) is 6.42 Å². The molecular weight excluding hydrogens is 160 g/mol. The topological polar surface area (TPSA) is 17.1 Å². The van der Waals surface area contributed by atoms with E-state index >= 15 is 0 Å². The number of Topliss-reactive ketones (excluding diaryl/α,β-unsaturated/α-hetero) is 1. The summed E-state index contributed by atoms with van der Waals surface area (Å²) in [5, 5.41) is 0. The van der Waals surface area contributed by atoms with Crippen LogP contribution in [0, 0.1) is 5.92 Å². The molecular formula is C12H20O. The molecule has 0 heterocycles. The molecule has 0 aliphatic heterocycles. The first-order chi connectivity index (χ1) is 6.20. The molecule has 0 spiro atoms. The molecule has 0 aromatic carbocycles. The summed E-state index contributed by atoms with van der Waals surface area (Å²) in [6.07, 6.45) is 8.18. The molecule has 0 saturated heterocycles. The average Bonchev–Trinajstić information content (AvgIpc) is 2.08. The van der Waals surface area contributed by atoms with E-state index in [-0.39, 0.29) is 0 Å². The Bertz CT molecular complexity index is 193. The third kappa shape index (κ3) is 3.75. The summed E-state index contributed by atoms with van der Waals surface area (Å²) in [5.41, 5.74) is 1.43. The number of rotatable bonds is 4. The van der Waals surface area contributed by atoms with Crippen LogP contribution in [0.3, 0.4) is 0 Å². The minimum Gasteiger partial charge on any atom is -0.300 e. The van der Waals surface area contributed by atoms with Crippen LogP contribution < -0.4 is 0 Å². The highest BCUT2D eigenvalue weighted by Gasteiger charge is 2.16. The zero-order chi connectivity index (χ0) is 9.68. The largest absolute Gasteiger partial charge is 0.300 e. The van der Waals surface area contributed by atoms with Crippen LogP contribution in [0.1, 0.15) is 51.9 Å². The maximum absolute atomic E-state index is 10.7. The van der Waals surface area contributed by atoms with Gasteiger partial charge in [-0.25, -0.2) is 0 Å². The molecule has 1 aliphatic rings. The first-order valence-corrected chi connectivity index (χ1v) is 5.37.